The molecule has 0 saturated carbocycles. The molecule has 1 aromatic heterocycles. The predicted octanol–water partition coefficient (Wildman–Crippen LogP) is 4.84. The van der Waals surface area contributed by atoms with Crippen LogP contribution in [0.15, 0.2) is 61.3 Å². The van der Waals surface area contributed by atoms with Crippen molar-refractivity contribution in [1.29, 1.82) is 0 Å². The quantitative estimate of drug-likeness (QED) is 0.340. The summed E-state index contributed by atoms with van der Waals surface area (Å²) < 4.78 is 5.68. The van der Waals surface area contributed by atoms with Gasteiger partial charge in [-0.3, -0.25) is 14.4 Å². The Balaban J connectivity index is 0.00000336. The first kappa shape index (κ1) is 26.3. The summed E-state index contributed by atoms with van der Waals surface area (Å²) in [6.07, 6.45) is 4.17. The number of hydrogen-bond donors (Lipinski definition) is 2. The van der Waals surface area contributed by atoms with Crippen molar-refractivity contribution in [3.63, 3.8) is 0 Å². The van der Waals surface area contributed by atoms with E-state index < -0.39 is 0 Å². The Morgan fingerprint density at radius 2 is 1.84 bits per heavy atom. The molecule has 5 rings (SSSR count). The SMILES string of the molecule is C.C=CC(=O)N1CCOc2ccc(Nc3nc(Nc4ccc(N5CCCC5=O)cc4)ncc3C(C)=O)cc21. The molecule has 0 spiro atoms. The molecule has 0 unspecified atom stereocenters. The van der Waals surface area contributed by atoms with E-state index in [1.54, 1.807) is 28.0 Å². The molecule has 2 N–H and O–H groups in total. The van der Waals surface area contributed by atoms with E-state index in [2.05, 4.69) is 27.2 Å². The molecule has 10 heteroatoms. The molecule has 38 heavy (non-hydrogen) atoms. The average molecular weight is 515 g/mol. The maximum atomic E-state index is 12.3. The first-order valence-electron chi connectivity index (χ1n) is 12.0. The number of hydrogen-bond acceptors (Lipinski definition) is 8. The van der Waals surface area contributed by atoms with Gasteiger partial charge in [0.25, 0.3) is 5.91 Å². The normalized spacial score (nSPS) is 14.2. The molecular formula is C28H30N6O4. The fourth-order valence-electron chi connectivity index (χ4n) is 4.34. The van der Waals surface area contributed by atoms with E-state index >= 15 is 0 Å². The van der Waals surface area contributed by atoms with Gasteiger partial charge in [0.1, 0.15) is 18.2 Å². The monoisotopic (exact) mass is 514 g/mol. The summed E-state index contributed by atoms with van der Waals surface area (Å²) >= 11 is 0. The molecule has 1 saturated heterocycles. The standard InChI is InChI=1S/C27H26N6O4.CH4/c1-3-24(35)33-13-14-37-23-11-8-19(15-22(23)33)29-26-21(17(2)34)16-28-27(31-26)30-18-6-9-20(10-7-18)32-12-4-5-25(32)36;/h3,6-11,15-16H,1,4-5,12-14H2,2H3,(H2,28,29,30,31);1H4. The average Bonchev–Trinajstić information content (AvgIpc) is 3.34. The Bertz CT molecular complexity index is 1390. The third-order valence-electron chi connectivity index (χ3n) is 6.20. The number of aromatic nitrogens is 2. The smallest absolute Gasteiger partial charge is 0.250 e. The zero-order valence-corrected chi connectivity index (χ0v) is 20.4. The number of Topliss-reactive ketones (excluding diaryl/α,β-unsaturated/α-hetero) is 1. The van der Waals surface area contributed by atoms with Gasteiger partial charge in [0.2, 0.25) is 11.9 Å². The Labute approximate surface area is 221 Å². The molecule has 2 aromatic carbocycles. The molecule has 1 fully saturated rings. The molecule has 0 radical (unpaired) electrons. The van der Waals surface area contributed by atoms with Crippen LogP contribution in [-0.4, -0.2) is 47.3 Å². The fourth-order valence-corrected chi connectivity index (χ4v) is 4.34. The van der Waals surface area contributed by atoms with Gasteiger partial charge in [0, 0.05) is 36.2 Å². The number of fused-ring (bicyclic) bond motifs is 1. The largest absolute Gasteiger partial charge is 0.490 e. The van der Waals surface area contributed by atoms with Gasteiger partial charge in [0.05, 0.1) is 17.8 Å². The third kappa shape index (κ3) is 5.34. The summed E-state index contributed by atoms with van der Waals surface area (Å²) in [7, 11) is 0. The van der Waals surface area contributed by atoms with Crippen molar-refractivity contribution in [1.82, 2.24) is 9.97 Å². The van der Waals surface area contributed by atoms with Gasteiger partial charge in [0.15, 0.2) is 5.78 Å². The van der Waals surface area contributed by atoms with E-state index in [1.165, 1.54) is 19.2 Å². The second kappa shape index (κ2) is 11.1. The molecule has 0 atom stereocenters. The van der Waals surface area contributed by atoms with Crippen molar-refractivity contribution in [3.8, 4) is 5.75 Å². The van der Waals surface area contributed by atoms with Crippen LogP contribution in [0.3, 0.4) is 0 Å². The maximum Gasteiger partial charge on any atom is 0.250 e. The van der Waals surface area contributed by atoms with E-state index in [-0.39, 0.29) is 25.0 Å². The van der Waals surface area contributed by atoms with Crippen LogP contribution in [0, 0.1) is 0 Å². The van der Waals surface area contributed by atoms with Gasteiger partial charge in [-0.05, 0) is 61.9 Å². The molecule has 3 heterocycles. The highest BCUT2D eigenvalue weighted by Gasteiger charge is 2.23. The molecule has 196 valence electrons. The summed E-state index contributed by atoms with van der Waals surface area (Å²) in [6.45, 7) is 6.55. The number of anilines is 6. The van der Waals surface area contributed by atoms with E-state index in [0.717, 1.165) is 24.3 Å². The lowest BCUT2D eigenvalue weighted by Crippen LogP contribution is -2.36. The number of nitrogens with zero attached hydrogens (tertiary/aromatic N) is 4. The second-order valence-electron chi connectivity index (χ2n) is 8.68. The van der Waals surface area contributed by atoms with E-state index in [1.807, 2.05) is 24.3 Å². The van der Waals surface area contributed by atoms with Crippen LogP contribution in [-0.2, 0) is 9.59 Å². The van der Waals surface area contributed by atoms with Gasteiger partial charge < -0.3 is 25.2 Å². The molecule has 2 aliphatic rings. The number of ketones is 1. The summed E-state index contributed by atoms with van der Waals surface area (Å²) in [5, 5.41) is 6.33. The zero-order valence-electron chi connectivity index (χ0n) is 20.4. The van der Waals surface area contributed by atoms with E-state index in [0.29, 0.717) is 54.0 Å². The van der Waals surface area contributed by atoms with Crippen molar-refractivity contribution in [2.75, 3.05) is 40.1 Å². The lowest BCUT2D eigenvalue weighted by molar-refractivity contribution is -0.117. The number of benzene rings is 2. The molecular weight excluding hydrogens is 484 g/mol. The van der Waals surface area contributed by atoms with Crippen LogP contribution in [0.1, 0.15) is 37.6 Å². The van der Waals surface area contributed by atoms with Gasteiger partial charge in [-0.25, -0.2) is 4.98 Å². The highest BCUT2D eigenvalue weighted by molar-refractivity contribution is 6.03. The molecule has 0 aliphatic carbocycles. The second-order valence-corrected chi connectivity index (χ2v) is 8.68. The Morgan fingerprint density at radius 3 is 2.53 bits per heavy atom. The minimum absolute atomic E-state index is 0. The summed E-state index contributed by atoms with van der Waals surface area (Å²) in [5.74, 6) is 0.913. The summed E-state index contributed by atoms with van der Waals surface area (Å²) in [5.41, 5.74) is 3.14. The topological polar surface area (TPSA) is 117 Å². The van der Waals surface area contributed by atoms with Crippen LogP contribution >= 0.6 is 0 Å². The first-order valence-corrected chi connectivity index (χ1v) is 12.0. The number of rotatable bonds is 7. The van der Waals surface area contributed by atoms with Crippen molar-refractivity contribution in [2.45, 2.75) is 27.2 Å². The minimum Gasteiger partial charge on any atom is -0.490 e. The van der Waals surface area contributed by atoms with Crippen LogP contribution in [0.5, 0.6) is 5.75 Å². The van der Waals surface area contributed by atoms with Crippen molar-refractivity contribution >= 4 is 52.1 Å². The number of ether oxygens (including phenoxy) is 1. The number of nitrogens with one attached hydrogen (secondary N) is 2. The lowest BCUT2D eigenvalue weighted by atomic mass is 10.2. The fraction of sp³-hybridized carbons (Fsp3) is 0.250. The van der Waals surface area contributed by atoms with Crippen molar-refractivity contribution in [2.24, 2.45) is 0 Å². The van der Waals surface area contributed by atoms with Crippen molar-refractivity contribution in [3.05, 3.63) is 66.9 Å². The highest BCUT2D eigenvalue weighted by atomic mass is 16.5. The zero-order chi connectivity index (χ0) is 25.9. The van der Waals surface area contributed by atoms with Gasteiger partial charge in [-0.1, -0.05) is 14.0 Å². The lowest BCUT2D eigenvalue weighted by Gasteiger charge is -2.29. The highest BCUT2D eigenvalue weighted by Crippen LogP contribution is 2.35. The molecule has 10 nitrogen and oxygen atoms in total. The van der Waals surface area contributed by atoms with Crippen LogP contribution < -0.4 is 25.2 Å². The number of amides is 2. The molecule has 3 aromatic rings. The molecule has 2 amide bonds. The van der Waals surface area contributed by atoms with Gasteiger partial charge >= 0.3 is 0 Å². The number of carbonyl (C=O) groups is 3. The third-order valence-corrected chi connectivity index (χ3v) is 6.20. The van der Waals surface area contributed by atoms with Crippen LogP contribution in [0.4, 0.5) is 34.5 Å². The van der Waals surface area contributed by atoms with E-state index in [9.17, 15) is 14.4 Å². The van der Waals surface area contributed by atoms with E-state index in [4.69, 9.17) is 4.74 Å². The first-order chi connectivity index (χ1) is 17.9. The van der Waals surface area contributed by atoms with Crippen LogP contribution in [0.25, 0.3) is 0 Å². The Kier molecular flexibility index (Phi) is 7.71. The Morgan fingerprint density at radius 1 is 1.08 bits per heavy atom. The van der Waals surface area contributed by atoms with Crippen molar-refractivity contribution < 1.29 is 19.1 Å². The molecule has 0 bridgehead atoms. The maximum absolute atomic E-state index is 12.3. The molecule has 2 aliphatic heterocycles. The predicted molar refractivity (Wildman–Crippen MR) is 148 cm³/mol. The number of carbonyl (C=O) groups excluding carboxylic acids is 3. The van der Waals surface area contributed by atoms with Gasteiger partial charge in [-0.2, -0.15) is 4.98 Å². The minimum atomic E-state index is -0.222. The Hall–Kier alpha value is -4.73. The van der Waals surface area contributed by atoms with Gasteiger partial charge in [-0.15, -0.1) is 0 Å². The van der Waals surface area contributed by atoms with Crippen LogP contribution in [0.2, 0.25) is 0 Å². The summed E-state index contributed by atoms with van der Waals surface area (Å²) in [6, 6.07) is 12.8. The summed E-state index contributed by atoms with van der Waals surface area (Å²) in [4.78, 5) is 48.8.